The standard InChI is InChI=1S/C21H20N4O3/c1-3-28-21(27)15-8-10-16(11-9-15)22-18-12-13-19(25-24-18)23-20(26)17-7-5-4-6-14(17)2/h4-13H,3H2,1-2H3,(H,22,24)(H,23,25,26). The molecule has 2 aromatic carbocycles. The molecule has 1 heterocycles. The van der Waals surface area contributed by atoms with E-state index in [0.717, 1.165) is 11.3 Å². The third-order valence-electron chi connectivity index (χ3n) is 3.96. The number of benzene rings is 2. The molecular weight excluding hydrogens is 356 g/mol. The Kier molecular flexibility index (Phi) is 5.96. The maximum Gasteiger partial charge on any atom is 0.338 e. The first-order valence-corrected chi connectivity index (χ1v) is 8.81. The Hall–Kier alpha value is -3.74. The highest BCUT2D eigenvalue weighted by atomic mass is 16.5. The zero-order chi connectivity index (χ0) is 19.9. The van der Waals surface area contributed by atoms with Gasteiger partial charge < -0.3 is 15.4 Å². The van der Waals surface area contributed by atoms with Crippen molar-refractivity contribution in [2.45, 2.75) is 13.8 Å². The number of anilines is 3. The zero-order valence-electron chi connectivity index (χ0n) is 15.6. The molecule has 0 atom stereocenters. The fraction of sp³-hybridized carbons (Fsp3) is 0.143. The predicted molar refractivity (Wildman–Crippen MR) is 107 cm³/mol. The van der Waals surface area contributed by atoms with Gasteiger partial charge in [0.15, 0.2) is 11.6 Å². The first-order chi connectivity index (χ1) is 13.6. The molecule has 1 aromatic heterocycles. The second-order valence-corrected chi connectivity index (χ2v) is 6.00. The lowest BCUT2D eigenvalue weighted by atomic mass is 10.1. The smallest absolute Gasteiger partial charge is 0.338 e. The predicted octanol–water partition coefficient (Wildman–Crippen LogP) is 3.96. The van der Waals surface area contributed by atoms with E-state index in [1.54, 1.807) is 49.4 Å². The van der Waals surface area contributed by atoms with Gasteiger partial charge in [0.1, 0.15) is 0 Å². The quantitative estimate of drug-likeness (QED) is 0.633. The number of hydrogen-bond acceptors (Lipinski definition) is 6. The number of nitrogens with one attached hydrogen (secondary N) is 2. The maximum absolute atomic E-state index is 12.3. The lowest BCUT2D eigenvalue weighted by Crippen LogP contribution is -2.14. The molecule has 0 fully saturated rings. The summed E-state index contributed by atoms with van der Waals surface area (Å²) in [6.45, 7) is 3.97. The Balaban J connectivity index is 1.62. The zero-order valence-corrected chi connectivity index (χ0v) is 15.6. The molecule has 0 aliphatic heterocycles. The van der Waals surface area contributed by atoms with Crippen LogP contribution in [0.1, 0.15) is 33.2 Å². The molecule has 0 aliphatic rings. The van der Waals surface area contributed by atoms with Crippen LogP contribution in [0.3, 0.4) is 0 Å². The fourth-order valence-corrected chi connectivity index (χ4v) is 2.53. The molecule has 3 aromatic rings. The Morgan fingerprint density at radius 1 is 0.929 bits per heavy atom. The summed E-state index contributed by atoms with van der Waals surface area (Å²) in [5.74, 6) is 0.277. The molecule has 0 bridgehead atoms. The van der Waals surface area contributed by atoms with E-state index in [-0.39, 0.29) is 11.9 Å². The molecule has 7 heteroatoms. The number of amides is 1. The topological polar surface area (TPSA) is 93.2 Å². The van der Waals surface area contributed by atoms with Gasteiger partial charge in [-0.2, -0.15) is 0 Å². The molecular formula is C21H20N4O3. The monoisotopic (exact) mass is 376 g/mol. The summed E-state index contributed by atoms with van der Waals surface area (Å²) in [4.78, 5) is 24.0. The minimum absolute atomic E-state index is 0.234. The van der Waals surface area contributed by atoms with Gasteiger partial charge in [0.2, 0.25) is 0 Å². The van der Waals surface area contributed by atoms with E-state index in [1.165, 1.54) is 0 Å². The van der Waals surface area contributed by atoms with E-state index in [4.69, 9.17) is 4.74 Å². The third-order valence-corrected chi connectivity index (χ3v) is 3.96. The Bertz CT molecular complexity index is 970. The van der Waals surface area contributed by atoms with Crippen molar-refractivity contribution in [1.82, 2.24) is 10.2 Å². The molecule has 0 aliphatic carbocycles. The van der Waals surface area contributed by atoms with Crippen molar-refractivity contribution in [3.63, 3.8) is 0 Å². The minimum Gasteiger partial charge on any atom is -0.462 e. The average molecular weight is 376 g/mol. The Morgan fingerprint density at radius 3 is 2.25 bits per heavy atom. The van der Waals surface area contributed by atoms with Crippen LogP contribution in [-0.4, -0.2) is 28.7 Å². The number of aryl methyl sites for hydroxylation is 1. The van der Waals surface area contributed by atoms with E-state index in [9.17, 15) is 9.59 Å². The van der Waals surface area contributed by atoms with E-state index >= 15 is 0 Å². The van der Waals surface area contributed by atoms with Crippen LogP contribution < -0.4 is 10.6 Å². The van der Waals surface area contributed by atoms with Gasteiger partial charge >= 0.3 is 5.97 Å². The van der Waals surface area contributed by atoms with Crippen molar-refractivity contribution in [3.8, 4) is 0 Å². The van der Waals surface area contributed by atoms with Crippen molar-refractivity contribution < 1.29 is 14.3 Å². The Morgan fingerprint density at radius 2 is 1.61 bits per heavy atom. The minimum atomic E-state index is -0.359. The SMILES string of the molecule is CCOC(=O)c1ccc(Nc2ccc(NC(=O)c3ccccc3C)nn2)cc1. The molecule has 0 unspecified atom stereocenters. The number of nitrogens with zero attached hydrogens (tertiary/aromatic N) is 2. The van der Waals surface area contributed by atoms with Gasteiger partial charge in [0.25, 0.3) is 5.91 Å². The number of aromatic nitrogens is 2. The number of carbonyl (C=O) groups excluding carboxylic acids is 2. The number of carbonyl (C=O) groups is 2. The van der Waals surface area contributed by atoms with Crippen LogP contribution in [0.25, 0.3) is 0 Å². The third kappa shape index (κ3) is 4.70. The van der Waals surface area contributed by atoms with Crippen molar-refractivity contribution in [1.29, 1.82) is 0 Å². The fourth-order valence-electron chi connectivity index (χ4n) is 2.53. The maximum atomic E-state index is 12.3. The Labute approximate surface area is 162 Å². The van der Waals surface area contributed by atoms with E-state index in [0.29, 0.717) is 29.4 Å². The first-order valence-electron chi connectivity index (χ1n) is 8.81. The summed E-state index contributed by atoms with van der Waals surface area (Å²) >= 11 is 0. The summed E-state index contributed by atoms with van der Waals surface area (Å²) in [7, 11) is 0. The van der Waals surface area contributed by atoms with Gasteiger partial charge in [-0.1, -0.05) is 18.2 Å². The molecule has 0 spiro atoms. The highest BCUT2D eigenvalue weighted by Crippen LogP contribution is 2.17. The van der Waals surface area contributed by atoms with Gasteiger partial charge in [-0.3, -0.25) is 4.79 Å². The lowest BCUT2D eigenvalue weighted by molar-refractivity contribution is 0.0526. The molecule has 2 N–H and O–H groups in total. The van der Waals surface area contributed by atoms with Crippen molar-refractivity contribution in [2.24, 2.45) is 0 Å². The second kappa shape index (κ2) is 8.77. The van der Waals surface area contributed by atoms with Crippen molar-refractivity contribution >= 4 is 29.2 Å². The van der Waals surface area contributed by atoms with Crippen LogP contribution in [0.5, 0.6) is 0 Å². The van der Waals surface area contributed by atoms with Crippen LogP contribution in [0.4, 0.5) is 17.3 Å². The van der Waals surface area contributed by atoms with Crippen LogP contribution >= 0.6 is 0 Å². The highest BCUT2D eigenvalue weighted by molar-refractivity contribution is 6.04. The van der Waals surface area contributed by atoms with E-state index < -0.39 is 0 Å². The van der Waals surface area contributed by atoms with E-state index in [2.05, 4.69) is 20.8 Å². The normalized spacial score (nSPS) is 10.2. The summed E-state index contributed by atoms with van der Waals surface area (Å²) in [5.41, 5.74) is 2.71. The summed E-state index contributed by atoms with van der Waals surface area (Å²) in [5, 5.41) is 13.9. The average Bonchev–Trinajstić information content (AvgIpc) is 2.70. The van der Waals surface area contributed by atoms with Gasteiger partial charge in [0.05, 0.1) is 12.2 Å². The molecule has 3 rings (SSSR count). The summed E-state index contributed by atoms with van der Waals surface area (Å²) < 4.78 is 4.95. The van der Waals surface area contributed by atoms with Gasteiger partial charge in [-0.25, -0.2) is 4.79 Å². The van der Waals surface area contributed by atoms with Crippen LogP contribution in [-0.2, 0) is 4.74 Å². The lowest BCUT2D eigenvalue weighted by Gasteiger charge is -2.08. The number of rotatable bonds is 6. The number of esters is 1. The molecule has 28 heavy (non-hydrogen) atoms. The molecule has 0 radical (unpaired) electrons. The van der Waals surface area contributed by atoms with Gasteiger partial charge in [-0.05, 0) is 61.9 Å². The second-order valence-electron chi connectivity index (χ2n) is 6.00. The van der Waals surface area contributed by atoms with Crippen LogP contribution in [0.2, 0.25) is 0 Å². The highest BCUT2D eigenvalue weighted by Gasteiger charge is 2.10. The summed E-state index contributed by atoms with van der Waals surface area (Å²) in [6, 6.07) is 17.5. The van der Waals surface area contributed by atoms with Gasteiger partial charge in [0, 0.05) is 11.3 Å². The van der Waals surface area contributed by atoms with Crippen LogP contribution in [0.15, 0.2) is 60.7 Å². The summed E-state index contributed by atoms with van der Waals surface area (Å²) in [6.07, 6.45) is 0. The van der Waals surface area contributed by atoms with Crippen molar-refractivity contribution in [2.75, 3.05) is 17.2 Å². The molecule has 0 saturated heterocycles. The number of hydrogen-bond donors (Lipinski definition) is 2. The largest absolute Gasteiger partial charge is 0.462 e. The first kappa shape index (κ1) is 19.0. The molecule has 7 nitrogen and oxygen atoms in total. The van der Waals surface area contributed by atoms with E-state index in [1.807, 2.05) is 25.1 Å². The molecule has 1 amide bonds. The molecule has 142 valence electrons. The molecule has 0 saturated carbocycles. The van der Waals surface area contributed by atoms with Crippen LogP contribution in [0, 0.1) is 6.92 Å². The van der Waals surface area contributed by atoms with Crippen molar-refractivity contribution in [3.05, 3.63) is 77.4 Å². The number of ether oxygens (including phenoxy) is 1. The van der Waals surface area contributed by atoms with Gasteiger partial charge in [-0.15, -0.1) is 10.2 Å².